The van der Waals surface area contributed by atoms with E-state index in [1.807, 2.05) is 43.3 Å². The van der Waals surface area contributed by atoms with Crippen molar-refractivity contribution in [1.82, 2.24) is 4.31 Å². The molecule has 2 aromatic carbocycles. The highest BCUT2D eigenvalue weighted by atomic mass is 32.2. The topological polar surface area (TPSA) is 46.4 Å². The van der Waals surface area contributed by atoms with Crippen LogP contribution in [-0.4, -0.2) is 33.9 Å². The lowest BCUT2D eigenvalue weighted by Gasteiger charge is -2.09. The first kappa shape index (κ1) is 19.7. The number of rotatable bonds is 4. The Bertz CT molecular complexity index is 998. The molecular weight excluding hydrogens is 374 g/mol. The van der Waals surface area contributed by atoms with Gasteiger partial charge in [0.15, 0.2) is 0 Å². The third-order valence-corrected chi connectivity index (χ3v) is 7.18. The van der Waals surface area contributed by atoms with Crippen LogP contribution >= 0.6 is 0 Å². The summed E-state index contributed by atoms with van der Waals surface area (Å²) in [7, 11) is -3.65. The largest absolute Gasteiger partial charge is 0.496 e. The highest BCUT2D eigenvalue weighted by Crippen LogP contribution is 2.49. The number of ether oxygens (including phenoxy) is 1. The number of nitrogens with zero attached hydrogens (tertiary/aromatic N) is 1. The first-order valence-corrected chi connectivity index (χ1v) is 13.8. The number of sulfonamides is 1. The average molecular weight is 400 g/mol. The molecule has 2 aromatic rings. The predicted octanol–water partition coefficient (Wildman–Crippen LogP) is 4.00. The molecule has 27 heavy (non-hydrogen) atoms. The van der Waals surface area contributed by atoms with E-state index in [2.05, 4.69) is 31.1 Å². The molecular formula is C21H25NO3SSi. The van der Waals surface area contributed by atoms with E-state index in [1.54, 1.807) is 19.2 Å². The Morgan fingerprint density at radius 2 is 1.67 bits per heavy atom. The van der Waals surface area contributed by atoms with Gasteiger partial charge in [0.25, 0.3) is 0 Å². The number of aryl methyl sites for hydroxylation is 1. The van der Waals surface area contributed by atoms with Gasteiger partial charge in [0.1, 0.15) is 19.9 Å². The van der Waals surface area contributed by atoms with Gasteiger partial charge < -0.3 is 4.74 Å². The van der Waals surface area contributed by atoms with Gasteiger partial charge in [-0.1, -0.05) is 61.5 Å². The zero-order valence-electron chi connectivity index (χ0n) is 16.4. The van der Waals surface area contributed by atoms with Crippen LogP contribution in [0.1, 0.15) is 17.2 Å². The zero-order chi connectivity index (χ0) is 19.8. The third kappa shape index (κ3) is 4.11. The van der Waals surface area contributed by atoms with Crippen molar-refractivity contribution in [2.75, 3.05) is 7.11 Å². The summed E-state index contributed by atoms with van der Waals surface area (Å²) in [6, 6.07) is 13.8. The average Bonchev–Trinajstić information content (AvgIpc) is 3.35. The first-order chi connectivity index (χ1) is 12.6. The third-order valence-electron chi connectivity index (χ3n) is 4.41. The molecule has 3 atom stereocenters. The molecule has 1 aliphatic heterocycles. The second-order valence-electron chi connectivity index (χ2n) is 7.80. The van der Waals surface area contributed by atoms with Gasteiger partial charge in [-0.2, -0.15) is 4.31 Å². The Labute approximate surface area is 163 Å². The van der Waals surface area contributed by atoms with Gasteiger partial charge in [0.2, 0.25) is 10.0 Å². The number of methoxy groups -OCH3 is 1. The summed E-state index contributed by atoms with van der Waals surface area (Å²) in [5, 5.41) is 0. The SMILES string of the molecule is COc1ccccc1C1C(C#C[Si](C)(C)C)N1S(=O)(=O)c1ccc(C)cc1. The molecule has 0 spiro atoms. The van der Waals surface area contributed by atoms with Gasteiger partial charge in [-0.15, -0.1) is 5.54 Å². The monoisotopic (exact) mass is 399 g/mol. The number of para-hydroxylation sites is 1. The first-order valence-electron chi connectivity index (χ1n) is 8.91. The molecule has 0 N–H and O–H groups in total. The van der Waals surface area contributed by atoms with Gasteiger partial charge in [0.05, 0.1) is 18.0 Å². The molecule has 0 saturated carbocycles. The van der Waals surface area contributed by atoms with Crippen molar-refractivity contribution in [3.63, 3.8) is 0 Å². The number of benzene rings is 2. The molecule has 1 fully saturated rings. The Morgan fingerprint density at radius 1 is 1.04 bits per heavy atom. The van der Waals surface area contributed by atoms with Crippen LogP contribution in [0.3, 0.4) is 0 Å². The van der Waals surface area contributed by atoms with E-state index in [1.165, 1.54) is 4.31 Å². The van der Waals surface area contributed by atoms with Crippen molar-refractivity contribution in [3.8, 4) is 17.2 Å². The second kappa shape index (κ2) is 7.15. The van der Waals surface area contributed by atoms with Gasteiger partial charge in [0, 0.05) is 5.56 Å². The van der Waals surface area contributed by atoms with Crippen LogP contribution in [0.2, 0.25) is 19.6 Å². The van der Waals surface area contributed by atoms with Crippen LogP contribution in [0.25, 0.3) is 0 Å². The van der Waals surface area contributed by atoms with Crippen molar-refractivity contribution < 1.29 is 13.2 Å². The van der Waals surface area contributed by atoms with E-state index in [0.717, 1.165) is 11.1 Å². The van der Waals surface area contributed by atoms with E-state index in [9.17, 15) is 8.42 Å². The summed E-state index contributed by atoms with van der Waals surface area (Å²) in [5.41, 5.74) is 5.20. The molecule has 142 valence electrons. The summed E-state index contributed by atoms with van der Waals surface area (Å²) in [5.74, 6) is 3.92. The molecule has 0 radical (unpaired) electrons. The van der Waals surface area contributed by atoms with E-state index in [-0.39, 0.29) is 12.1 Å². The summed E-state index contributed by atoms with van der Waals surface area (Å²) >= 11 is 0. The van der Waals surface area contributed by atoms with Crippen LogP contribution in [0.4, 0.5) is 0 Å². The second-order valence-corrected chi connectivity index (χ2v) is 14.4. The molecule has 0 bridgehead atoms. The molecule has 1 saturated heterocycles. The zero-order valence-corrected chi connectivity index (χ0v) is 18.2. The van der Waals surface area contributed by atoms with Gasteiger partial charge in [-0.05, 0) is 25.1 Å². The summed E-state index contributed by atoms with van der Waals surface area (Å²) < 4.78 is 33.5. The van der Waals surface area contributed by atoms with Gasteiger partial charge in [-0.25, -0.2) is 8.42 Å². The number of hydrogen-bond acceptors (Lipinski definition) is 3. The molecule has 4 nitrogen and oxygen atoms in total. The van der Waals surface area contributed by atoms with Crippen molar-refractivity contribution in [3.05, 3.63) is 59.7 Å². The summed E-state index contributed by atoms with van der Waals surface area (Å²) in [4.78, 5) is 0.297. The maximum absolute atomic E-state index is 13.3. The van der Waals surface area contributed by atoms with Crippen LogP contribution in [0, 0.1) is 18.4 Å². The van der Waals surface area contributed by atoms with E-state index >= 15 is 0 Å². The van der Waals surface area contributed by atoms with Crippen molar-refractivity contribution in [1.29, 1.82) is 0 Å². The van der Waals surface area contributed by atoms with E-state index in [4.69, 9.17) is 4.74 Å². The van der Waals surface area contributed by atoms with Gasteiger partial charge in [-0.3, -0.25) is 0 Å². The summed E-state index contributed by atoms with van der Waals surface area (Å²) in [6.07, 6.45) is 0. The molecule has 6 heteroatoms. The smallest absolute Gasteiger partial charge is 0.244 e. The Hall–Kier alpha value is -2.07. The molecule has 0 aliphatic carbocycles. The Kier molecular flexibility index (Phi) is 5.22. The Morgan fingerprint density at radius 3 is 2.26 bits per heavy atom. The molecule has 1 heterocycles. The maximum atomic E-state index is 13.3. The fraction of sp³-hybridized carbons (Fsp3) is 0.333. The minimum atomic E-state index is -3.63. The molecule has 3 unspecified atom stereocenters. The lowest BCUT2D eigenvalue weighted by atomic mass is 10.1. The van der Waals surface area contributed by atoms with Crippen LogP contribution in [0.5, 0.6) is 5.75 Å². The maximum Gasteiger partial charge on any atom is 0.244 e. The van der Waals surface area contributed by atoms with Crippen LogP contribution in [-0.2, 0) is 10.0 Å². The van der Waals surface area contributed by atoms with Crippen LogP contribution < -0.4 is 4.74 Å². The minimum Gasteiger partial charge on any atom is -0.496 e. The lowest BCUT2D eigenvalue weighted by Crippen LogP contribution is -2.18. The normalized spacial score (nSPS) is 21.9. The Balaban J connectivity index is 2.05. The fourth-order valence-corrected chi connectivity index (χ4v) is 5.24. The quantitative estimate of drug-likeness (QED) is 0.443. The fourth-order valence-electron chi connectivity index (χ4n) is 2.99. The predicted molar refractivity (Wildman–Crippen MR) is 111 cm³/mol. The van der Waals surface area contributed by atoms with Crippen molar-refractivity contribution in [2.24, 2.45) is 0 Å². The summed E-state index contributed by atoms with van der Waals surface area (Å²) in [6.45, 7) is 8.39. The lowest BCUT2D eigenvalue weighted by molar-refractivity contribution is 0.408. The molecule has 1 aliphatic rings. The highest BCUT2D eigenvalue weighted by molar-refractivity contribution is 7.89. The van der Waals surface area contributed by atoms with E-state index in [0.29, 0.717) is 10.6 Å². The molecule has 0 amide bonds. The standard InChI is InChI=1S/C21H25NO3SSi/c1-16-10-12-17(13-11-16)26(23,24)22-19(14-15-27(3,4)5)21(22)18-8-6-7-9-20(18)25-2/h6-13,19,21H,1-5H3. The minimum absolute atomic E-state index is 0.297. The number of hydrogen-bond donors (Lipinski definition) is 0. The van der Waals surface area contributed by atoms with Gasteiger partial charge >= 0.3 is 0 Å². The van der Waals surface area contributed by atoms with Crippen LogP contribution in [0.15, 0.2) is 53.4 Å². The molecule has 3 rings (SSSR count). The van der Waals surface area contributed by atoms with Crippen molar-refractivity contribution >= 4 is 18.1 Å². The van der Waals surface area contributed by atoms with Crippen molar-refractivity contribution in [2.45, 2.75) is 43.5 Å². The van der Waals surface area contributed by atoms with E-state index < -0.39 is 18.1 Å². The molecule has 0 aromatic heterocycles. The highest BCUT2D eigenvalue weighted by Gasteiger charge is 2.56.